The first-order chi connectivity index (χ1) is 35.2. The van der Waals surface area contributed by atoms with Gasteiger partial charge in [0.2, 0.25) is 0 Å². The lowest BCUT2D eigenvalue weighted by Gasteiger charge is -2.21. The Balaban J connectivity index is 4.60. The molecule has 0 bridgehead atoms. The minimum Gasteiger partial charge on any atom is -0.462 e. The summed E-state index contributed by atoms with van der Waals surface area (Å²) in [7, 11) is -4.74. The van der Waals surface area contributed by atoms with Crippen LogP contribution in [0.3, 0.4) is 0 Å². The van der Waals surface area contributed by atoms with Crippen LogP contribution in [-0.2, 0) is 42.2 Å². The highest BCUT2D eigenvalue weighted by atomic mass is 31.2. The standard InChI is InChI=1S/C60H115O11P/c1-4-7-10-13-16-19-22-24-26-27-28-29-31-33-36-39-42-45-48-51-60(64)71-57(53-67-58(62)49-46-43-40-37-34-21-18-15-12-9-6-3)55-69-72(65,66)68-54-56(52-61)70-59(63)50-47-44-41-38-35-32-30-25-23-20-17-14-11-8-5-2/h15,18,56-57,61H,4-14,16-17,19-55H2,1-3H3,(H,65,66)/b18-15-. The monoisotopic (exact) mass is 1040 g/mol. The number of hydrogen-bond acceptors (Lipinski definition) is 10. The molecule has 3 unspecified atom stereocenters. The topological polar surface area (TPSA) is 155 Å². The summed E-state index contributed by atoms with van der Waals surface area (Å²) in [5, 5.41) is 9.82. The highest BCUT2D eigenvalue weighted by Gasteiger charge is 2.28. The zero-order valence-electron chi connectivity index (χ0n) is 47.2. The highest BCUT2D eigenvalue weighted by molar-refractivity contribution is 7.47. The van der Waals surface area contributed by atoms with Gasteiger partial charge in [0.15, 0.2) is 6.10 Å². The minimum atomic E-state index is -4.74. The lowest BCUT2D eigenvalue weighted by molar-refractivity contribution is -0.161. The smallest absolute Gasteiger partial charge is 0.462 e. The van der Waals surface area contributed by atoms with Gasteiger partial charge in [-0.25, -0.2) is 4.57 Å². The first-order valence-corrected chi connectivity index (χ1v) is 32.1. The van der Waals surface area contributed by atoms with Crippen LogP contribution in [0.15, 0.2) is 12.2 Å². The predicted octanol–water partition coefficient (Wildman–Crippen LogP) is 18.0. The van der Waals surface area contributed by atoms with Gasteiger partial charge in [-0.2, -0.15) is 0 Å². The van der Waals surface area contributed by atoms with Gasteiger partial charge in [-0.05, 0) is 38.5 Å². The van der Waals surface area contributed by atoms with Crippen LogP contribution in [0.25, 0.3) is 0 Å². The van der Waals surface area contributed by atoms with E-state index in [0.29, 0.717) is 19.3 Å². The summed E-state index contributed by atoms with van der Waals surface area (Å²) in [4.78, 5) is 48.5. The maximum atomic E-state index is 12.9. The zero-order valence-corrected chi connectivity index (χ0v) is 48.1. The van der Waals surface area contributed by atoms with Crippen LogP contribution in [0, 0.1) is 0 Å². The molecule has 0 saturated heterocycles. The summed E-state index contributed by atoms with van der Waals surface area (Å²) in [5.74, 6) is -1.44. The third kappa shape index (κ3) is 53.1. The first-order valence-electron chi connectivity index (χ1n) is 30.6. The van der Waals surface area contributed by atoms with Gasteiger partial charge in [0.1, 0.15) is 12.7 Å². The lowest BCUT2D eigenvalue weighted by Crippen LogP contribution is -2.30. The van der Waals surface area contributed by atoms with Crippen LogP contribution in [0.1, 0.15) is 316 Å². The maximum absolute atomic E-state index is 12.9. The van der Waals surface area contributed by atoms with E-state index in [4.69, 9.17) is 23.3 Å². The average molecular weight is 1040 g/mol. The fourth-order valence-corrected chi connectivity index (χ4v) is 9.77. The number of hydrogen-bond donors (Lipinski definition) is 2. The van der Waals surface area contributed by atoms with Crippen molar-refractivity contribution in [3.8, 4) is 0 Å². The van der Waals surface area contributed by atoms with E-state index in [2.05, 4.69) is 32.9 Å². The molecule has 0 spiro atoms. The SMILES string of the molecule is CCCC/C=C\CCCCCCCC(=O)OCC(COP(=O)(O)OCC(CO)OC(=O)CCCCCCCCCCCCCCCCC)OC(=O)CCCCCCCCCCCCCCCCCCCCC. The number of phosphoric ester groups is 1. The summed E-state index contributed by atoms with van der Waals surface area (Å²) in [6.07, 6.45) is 54.6. The molecule has 0 amide bonds. The number of unbranched alkanes of at least 4 members (excludes halogenated alkanes) is 39. The first kappa shape index (κ1) is 70.2. The second-order valence-corrected chi connectivity index (χ2v) is 22.3. The largest absolute Gasteiger partial charge is 0.472 e. The molecule has 0 aliphatic rings. The molecule has 0 saturated carbocycles. The molecule has 3 atom stereocenters. The molecule has 72 heavy (non-hydrogen) atoms. The summed E-state index contributed by atoms with van der Waals surface area (Å²) in [6, 6.07) is 0. The van der Waals surface area contributed by atoms with E-state index in [1.807, 2.05) is 0 Å². The van der Waals surface area contributed by atoms with Gasteiger partial charge in [0.05, 0.1) is 19.8 Å². The Bertz CT molecular complexity index is 1260. The third-order valence-corrected chi connectivity index (χ3v) is 14.6. The normalized spacial score (nSPS) is 13.3. The van der Waals surface area contributed by atoms with Crippen LogP contribution < -0.4 is 0 Å². The molecule has 0 aromatic rings. The summed E-state index contributed by atoms with van der Waals surface area (Å²) in [6.45, 7) is 4.67. The van der Waals surface area contributed by atoms with Crippen LogP contribution in [0.5, 0.6) is 0 Å². The van der Waals surface area contributed by atoms with Crippen molar-refractivity contribution in [1.82, 2.24) is 0 Å². The van der Waals surface area contributed by atoms with Gasteiger partial charge in [0.25, 0.3) is 0 Å². The molecular weight excluding hydrogens is 928 g/mol. The van der Waals surface area contributed by atoms with Crippen molar-refractivity contribution in [2.24, 2.45) is 0 Å². The Morgan fingerprint density at radius 2 is 0.653 bits per heavy atom. The predicted molar refractivity (Wildman–Crippen MR) is 298 cm³/mol. The van der Waals surface area contributed by atoms with Crippen molar-refractivity contribution in [1.29, 1.82) is 0 Å². The Morgan fingerprint density at radius 3 is 1.00 bits per heavy atom. The fraction of sp³-hybridized carbons (Fsp3) is 0.917. The van der Waals surface area contributed by atoms with Gasteiger partial charge >= 0.3 is 25.7 Å². The van der Waals surface area contributed by atoms with E-state index in [1.54, 1.807) is 0 Å². The number of rotatable bonds is 58. The Labute approximate surface area is 443 Å². The molecule has 0 aromatic heterocycles. The minimum absolute atomic E-state index is 0.175. The van der Waals surface area contributed by atoms with Crippen molar-refractivity contribution < 1.29 is 52.2 Å². The van der Waals surface area contributed by atoms with Crippen LogP contribution in [-0.4, -0.2) is 66.5 Å². The lowest BCUT2D eigenvalue weighted by atomic mass is 10.0. The van der Waals surface area contributed by atoms with Gasteiger partial charge < -0.3 is 24.2 Å². The van der Waals surface area contributed by atoms with Crippen molar-refractivity contribution in [2.45, 2.75) is 328 Å². The van der Waals surface area contributed by atoms with Crippen molar-refractivity contribution in [3.63, 3.8) is 0 Å². The molecule has 0 aliphatic heterocycles. The highest BCUT2D eigenvalue weighted by Crippen LogP contribution is 2.43. The van der Waals surface area contributed by atoms with Crippen molar-refractivity contribution in [2.75, 3.05) is 26.4 Å². The Hall–Kier alpha value is -1.78. The molecule has 0 radical (unpaired) electrons. The third-order valence-electron chi connectivity index (χ3n) is 13.7. The molecular formula is C60H115O11P. The average Bonchev–Trinajstić information content (AvgIpc) is 3.37. The van der Waals surface area contributed by atoms with E-state index in [-0.39, 0.29) is 25.9 Å². The fourth-order valence-electron chi connectivity index (χ4n) is 8.99. The van der Waals surface area contributed by atoms with Crippen molar-refractivity contribution >= 4 is 25.7 Å². The maximum Gasteiger partial charge on any atom is 0.472 e. The van der Waals surface area contributed by atoms with Crippen molar-refractivity contribution in [3.05, 3.63) is 12.2 Å². The second kappa shape index (κ2) is 55.5. The van der Waals surface area contributed by atoms with Gasteiger partial charge in [-0.3, -0.25) is 23.4 Å². The summed E-state index contributed by atoms with van der Waals surface area (Å²) in [5.41, 5.74) is 0. The number of phosphoric acid groups is 1. The number of carbonyl (C=O) groups is 3. The van der Waals surface area contributed by atoms with Crippen LogP contribution in [0.2, 0.25) is 0 Å². The van der Waals surface area contributed by atoms with E-state index in [0.717, 1.165) is 77.0 Å². The number of carbonyl (C=O) groups excluding carboxylic acids is 3. The summed E-state index contributed by atoms with van der Waals surface area (Å²) < 4.78 is 39.6. The number of esters is 3. The second-order valence-electron chi connectivity index (χ2n) is 20.9. The van der Waals surface area contributed by atoms with Crippen LogP contribution >= 0.6 is 7.82 Å². The van der Waals surface area contributed by atoms with Gasteiger partial charge in [-0.1, -0.05) is 270 Å². The number of aliphatic hydroxyl groups excluding tert-OH is 1. The van der Waals surface area contributed by atoms with Crippen LogP contribution in [0.4, 0.5) is 0 Å². The summed E-state index contributed by atoms with van der Waals surface area (Å²) >= 11 is 0. The zero-order chi connectivity index (χ0) is 52.7. The Kier molecular flexibility index (Phi) is 54.1. The van der Waals surface area contributed by atoms with E-state index >= 15 is 0 Å². The Morgan fingerprint density at radius 1 is 0.375 bits per heavy atom. The quantitative estimate of drug-likeness (QED) is 0.0197. The van der Waals surface area contributed by atoms with E-state index in [1.165, 1.54) is 180 Å². The molecule has 12 heteroatoms. The molecule has 0 fully saturated rings. The molecule has 11 nitrogen and oxygen atoms in total. The molecule has 0 rings (SSSR count). The number of allylic oxidation sites excluding steroid dienone is 2. The number of aliphatic hydroxyl groups is 1. The van der Waals surface area contributed by atoms with Gasteiger partial charge in [0, 0.05) is 19.3 Å². The molecule has 2 N–H and O–H groups in total. The molecule has 0 aromatic carbocycles. The molecule has 426 valence electrons. The van der Waals surface area contributed by atoms with E-state index in [9.17, 15) is 28.9 Å². The molecule has 0 heterocycles. The van der Waals surface area contributed by atoms with Gasteiger partial charge in [-0.15, -0.1) is 0 Å². The molecule has 0 aliphatic carbocycles. The number of ether oxygens (including phenoxy) is 3. The van der Waals surface area contributed by atoms with E-state index < -0.39 is 57.8 Å².